The molecule has 0 amide bonds. The molecule has 1 aliphatic carbocycles. The molecule has 1 fully saturated rings. The summed E-state index contributed by atoms with van der Waals surface area (Å²) in [6, 6.07) is 6.77. The maximum atomic E-state index is 13.3. The first kappa shape index (κ1) is 20.9. The molecular weight excluding hydrogens is 331 g/mol. The minimum Gasteiger partial charge on any atom is -0.481 e. The van der Waals surface area contributed by atoms with E-state index in [1.165, 1.54) is 12.5 Å². The van der Waals surface area contributed by atoms with Gasteiger partial charge in [-0.05, 0) is 56.2 Å². The minimum atomic E-state index is -0.721. The van der Waals surface area contributed by atoms with Crippen molar-refractivity contribution in [2.24, 2.45) is 5.41 Å². The molecule has 0 saturated heterocycles. The van der Waals surface area contributed by atoms with Gasteiger partial charge in [0.1, 0.15) is 5.82 Å². The predicted octanol–water partition coefficient (Wildman–Crippen LogP) is 5.76. The second-order valence-electron chi connectivity index (χ2n) is 7.80. The minimum absolute atomic E-state index is 0.190. The van der Waals surface area contributed by atoms with Crippen LogP contribution in [0.5, 0.6) is 0 Å². The van der Waals surface area contributed by atoms with Crippen LogP contribution in [0.2, 0.25) is 0 Å². The molecular formula is C22H33FO3. The van der Waals surface area contributed by atoms with Crippen LogP contribution in [0.4, 0.5) is 4.39 Å². The largest absolute Gasteiger partial charge is 0.481 e. The van der Waals surface area contributed by atoms with E-state index >= 15 is 0 Å². The number of aliphatic carboxylic acids is 1. The number of ether oxygens (including phenoxy) is 1. The van der Waals surface area contributed by atoms with Gasteiger partial charge in [0, 0.05) is 12.5 Å². The van der Waals surface area contributed by atoms with Crippen molar-refractivity contribution in [2.45, 2.75) is 83.2 Å². The standard InChI is InChI=1S/C22H33FO3/c1-3-22(26-2,21(17-20(24)25)13-6-4-7-14-21)15-8-5-10-18-11-9-12-19(23)16-18/h9,11-12,16H,3-8,10,13-15,17H2,1-2H3,(H,24,25). The van der Waals surface area contributed by atoms with Gasteiger partial charge in [-0.3, -0.25) is 4.79 Å². The highest BCUT2D eigenvalue weighted by atomic mass is 19.1. The second kappa shape index (κ2) is 9.50. The lowest BCUT2D eigenvalue weighted by Gasteiger charge is -2.51. The number of benzene rings is 1. The summed E-state index contributed by atoms with van der Waals surface area (Å²) in [4.78, 5) is 11.6. The lowest BCUT2D eigenvalue weighted by Crippen LogP contribution is -2.51. The van der Waals surface area contributed by atoms with E-state index in [-0.39, 0.29) is 23.3 Å². The molecule has 0 radical (unpaired) electrons. The first-order chi connectivity index (χ1) is 12.5. The van der Waals surface area contributed by atoms with Crippen LogP contribution < -0.4 is 0 Å². The van der Waals surface area contributed by atoms with Crippen molar-refractivity contribution < 1.29 is 19.0 Å². The van der Waals surface area contributed by atoms with E-state index < -0.39 is 5.97 Å². The van der Waals surface area contributed by atoms with Crippen LogP contribution >= 0.6 is 0 Å². The summed E-state index contributed by atoms with van der Waals surface area (Å²) >= 11 is 0. The SMILES string of the molecule is CCC(CCCCc1cccc(F)c1)(OC)C1(CC(=O)O)CCCCC1. The van der Waals surface area contributed by atoms with Crippen molar-refractivity contribution in [2.75, 3.05) is 7.11 Å². The molecule has 1 aliphatic rings. The fourth-order valence-corrected chi connectivity index (χ4v) is 5.02. The van der Waals surface area contributed by atoms with E-state index in [1.807, 2.05) is 6.07 Å². The highest BCUT2D eigenvalue weighted by Gasteiger charge is 2.51. The van der Waals surface area contributed by atoms with Gasteiger partial charge >= 0.3 is 5.97 Å². The quantitative estimate of drug-likeness (QED) is 0.537. The smallest absolute Gasteiger partial charge is 0.304 e. The highest BCUT2D eigenvalue weighted by Crippen LogP contribution is 2.52. The van der Waals surface area contributed by atoms with Gasteiger partial charge in [-0.15, -0.1) is 0 Å². The Balaban J connectivity index is 2.05. The maximum Gasteiger partial charge on any atom is 0.304 e. The van der Waals surface area contributed by atoms with E-state index in [0.717, 1.165) is 63.4 Å². The Bertz CT molecular complexity index is 575. The number of carboxylic acids is 1. The third-order valence-electron chi connectivity index (χ3n) is 6.41. The second-order valence-corrected chi connectivity index (χ2v) is 7.80. The van der Waals surface area contributed by atoms with Gasteiger partial charge in [0.25, 0.3) is 0 Å². The Morgan fingerprint density at radius 1 is 1.27 bits per heavy atom. The summed E-state index contributed by atoms with van der Waals surface area (Å²) in [5, 5.41) is 9.54. The summed E-state index contributed by atoms with van der Waals surface area (Å²) in [6.45, 7) is 2.12. The van der Waals surface area contributed by atoms with Gasteiger partial charge < -0.3 is 9.84 Å². The fourth-order valence-electron chi connectivity index (χ4n) is 5.02. The van der Waals surface area contributed by atoms with Crippen molar-refractivity contribution in [3.63, 3.8) is 0 Å². The zero-order chi connectivity index (χ0) is 19.0. The van der Waals surface area contributed by atoms with E-state index in [9.17, 15) is 14.3 Å². The van der Waals surface area contributed by atoms with Gasteiger partial charge in [-0.25, -0.2) is 4.39 Å². The third-order valence-corrected chi connectivity index (χ3v) is 6.41. The van der Waals surface area contributed by atoms with E-state index in [2.05, 4.69) is 6.92 Å². The summed E-state index contributed by atoms with van der Waals surface area (Å²) in [5.74, 6) is -0.911. The molecule has 1 aromatic rings. The Hall–Kier alpha value is -1.42. The maximum absolute atomic E-state index is 13.3. The lowest BCUT2D eigenvalue weighted by atomic mass is 9.59. The van der Waals surface area contributed by atoms with Gasteiger partial charge in [0.15, 0.2) is 0 Å². The Morgan fingerprint density at radius 3 is 2.58 bits per heavy atom. The van der Waals surface area contributed by atoms with Crippen LogP contribution in [0.15, 0.2) is 24.3 Å². The van der Waals surface area contributed by atoms with Crippen LogP contribution in [0.3, 0.4) is 0 Å². The van der Waals surface area contributed by atoms with Gasteiger partial charge in [-0.2, -0.15) is 0 Å². The molecule has 0 spiro atoms. The number of hydrogen-bond donors (Lipinski definition) is 1. The average molecular weight is 365 g/mol. The van der Waals surface area contributed by atoms with Crippen LogP contribution in [0.1, 0.15) is 76.7 Å². The number of hydrogen-bond acceptors (Lipinski definition) is 2. The lowest BCUT2D eigenvalue weighted by molar-refractivity contribution is -0.164. The van der Waals surface area contributed by atoms with Crippen LogP contribution in [0, 0.1) is 11.2 Å². The molecule has 4 heteroatoms. The highest BCUT2D eigenvalue weighted by molar-refractivity contribution is 5.68. The first-order valence-corrected chi connectivity index (χ1v) is 9.98. The molecule has 1 unspecified atom stereocenters. The zero-order valence-electron chi connectivity index (χ0n) is 16.2. The molecule has 0 aliphatic heterocycles. The molecule has 0 bridgehead atoms. The van der Waals surface area contributed by atoms with E-state index in [4.69, 9.17) is 4.74 Å². The summed E-state index contributed by atoms with van der Waals surface area (Å²) < 4.78 is 19.4. The Labute approximate surface area is 156 Å². The third kappa shape index (κ3) is 4.85. The number of carboxylic acid groups (broad SMARTS) is 1. The summed E-state index contributed by atoms with van der Waals surface area (Å²) in [6.07, 6.45) is 9.87. The number of carbonyl (C=O) groups is 1. The van der Waals surface area contributed by atoms with Crippen LogP contribution in [0.25, 0.3) is 0 Å². The predicted molar refractivity (Wildman–Crippen MR) is 102 cm³/mol. The van der Waals surface area contributed by atoms with Crippen molar-refractivity contribution in [3.8, 4) is 0 Å². The molecule has 0 heterocycles. The van der Waals surface area contributed by atoms with E-state index in [0.29, 0.717) is 0 Å². The molecule has 146 valence electrons. The normalized spacial score (nSPS) is 19.0. The number of unbranched alkanes of at least 4 members (excludes halogenated alkanes) is 1. The van der Waals surface area contributed by atoms with Gasteiger partial charge in [0.2, 0.25) is 0 Å². The van der Waals surface area contributed by atoms with Crippen molar-refractivity contribution in [3.05, 3.63) is 35.6 Å². The molecule has 1 N–H and O–H groups in total. The molecule has 2 rings (SSSR count). The fraction of sp³-hybridized carbons (Fsp3) is 0.682. The van der Waals surface area contributed by atoms with Crippen molar-refractivity contribution in [1.29, 1.82) is 0 Å². The molecule has 1 aromatic carbocycles. The Morgan fingerprint density at radius 2 is 2.00 bits per heavy atom. The van der Waals surface area contributed by atoms with E-state index in [1.54, 1.807) is 19.2 Å². The molecule has 3 nitrogen and oxygen atoms in total. The van der Waals surface area contributed by atoms with Crippen LogP contribution in [-0.4, -0.2) is 23.8 Å². The first-order valence-electron chi connectivity index (χ1n) is 9.98. The van der Waals surface area contributed by atoms with Gasteiger partial charge in [-0.1, -0.05) is 44.7 Å². The van der Waals surface area contributed by atoms with Crippen molar-refractivity contribution >= 4 is 5.97 Å². The van der Waals surface area contributed by atoms with Gasteiger partial charge in [0.05, 0.1) is 12.0 Å². The van der Waals surface area contributed by atoms with Crippen molar-refractivity contribution in [1.82, 2.24) is 0 Å². The molecule has 0 aromatic heterocycles. The summed E-state index contributed by atoms with van der Waals surface area (Å²) in [7, 11) is 1.74. The summed E-state index contributed by atoms with van der Waals surface area (Å²) in [5.41, 5.74) is 0.370. The average Bonchev–Trinajstić information content (AvgIpc) is 2.62. The topological polar surface area (TPSA) is 46.5 Å². The number of rotatable bonds is 10. The molecule has 26 heavy (non-hydrogen) atoms. The zero-order valence-corrected chi connectivity index (χ0v) is 16.2. The number of aryl methyl sites for hydroxylation is 1. The number of halogens is 1. The number of methoxy groups -OCH3 is 1. The Kier molecular flexibility index (Phi) is 7.63. The van der Waals surface area contributed by atoms with Crippen LogP contribution in [-0.2, 0) is 16.0 Å². The molecule has 1 atom stereocenters. The monoisotopic (exact) mass is 364 g/mol. The molecule has 1 saturated carbocycles.